The van der Waals surface area contributed by atoms with Crippen LogP contribution in [0.5, 0.6) is 0 Å². The number of nitrogens with one attached hydrogen (secondary N) is 2. The van der Waals surface area contributed by atoms with Gasteiger partial charge in [-0.15, -0.1) is 0 Å². The topological polar surface area (TPSA) is 61.4 Å². The number of likely N-dealkylation sites (N-methyl/N-ethyl adjacent to an activating group) is 1. The predicted octanol–water partition coefficient (Wildman–Crippen LogP) is 2.64. The van der Waals surface area contributed by atoms with Gasteiger partial charge in [-0.05, 0) is 37.6 Å². The van der Waals surface area contributed by atoms with Crippen LogP contribution in [0.4, 0.5) is 4.79 Å². The van der Waals surface area contributed by atoms with Crippen LogP contribution in [0.1, 0.15) is 26.3 Å². The van der Waals surface area contributed by atoms with Crippen LogP contribution in [0, 0.1) is 5.92 Å². The number of carbonyl (C=O) groups excluding carboxylic acids is 2. The maximum absolute atomic E-state index is 12.1. The third-order valence-electron chi connectivity index (χ3n) is 3.27. The molecule has 0 aliphatic rings. The van der Waals surface area contributed by atoms with Crippen molar-refractivity contribution in [3.8, 4) is 0 Å². The number of benzene rings is 1. The number of halogens is 1. The van der Waals surface area contributed by atoms with E-state index in [0.717, 1.165) is 5.56 Å². The van der Waals surface area contributed by atoms with Gasteiger partial charge < -0.3 is 5.32 Å². The smallest absolute Gasteiger partial charge is 0.321 e. The first-order valence-corrected chi connectivity index (χ1v) is 7.70. The Morgan fingerprint density at radius 1 is 1.27 bits per heavy atom. The van der Waals surface area contributed by atoms with Crippen molar-refractivity contribution in [2.75, 3.05) is 13.6 Å². The monoisotopic (exact) mass is 325 g/mol. The molecule has 0 aromatic heterocycles. The average molecular weight is 326 g/mol. The molecule has 0 spiro atoms. The van der Waals surface area contributed by atoms with E-state index in [9.17, 15) is 9.59 Å². The summed E-state index contributed by atoms with van der Waals surface area (Å²) >= 11 is 5.95. The highest BCUT2D eigenvalue weighted by molar-refractivity contribution is 6.30. The van der Waals surface area contributed by atoms with Crippen LogP contribution in [0.2, 0.25) is 5.02 Å². The first-order valence-electron chi connectivity index (χ1n) is 7.33. The highest BCUT2D eigenvalue weighted by Gasteiger charge is 2.20. The van der Waals surface area contributed by atoms with Gasteiger partial charge >= 0.3 is 6.03 Å². The first kappa shape index (κ1) is 18.5. The first-order chi connectivity index (χ1) is 10.3. The van der Waals surface area contributed by atoms with E-state index >= 15 is 0 Å². The van der Waals surface area contributed by atoms with Crippen LogP contribution < -0.4 is 10.6 Å². The molecule has 1 rings (SSSR count). The molecule has 1 atom stereocenters. The summed E-state index contributed by atoms with van der Waals surface area (Å²) in [4.78, 5) is 25.5. The predicted molar refractivity (Wildman–Crippen MR) is 88.8 cm³/mol. The van der Waals surface area contributed by atoms with Crippen molar-refractivity contribution < 1.29 is 9.59 Å². The number of urea groups is 1. The fourth-order valence-corrected chi connectivity index (χ4v) is 2.03. The molecule has 1 unspecified atom stereocenters. The largest absolute Gasteiger partial charge is 0.338 e. The van der Waals surface area contributed by atoms with Crippen molar-refractivity contribution in [1.82, 2.24) is 15.5 Å². The molecule has 122 valence electrons. The molecular formula is C16H24ClN3O2. The quantitative estimate of drug-likeness (QED) is 0.845. The van der Waals surface area contributed by atoms with Gasteiger partial charge in [-0.3, -0.25) is 15.0 Å². The Hall–Kier alpha value is -1.59. The number of imide groups is 1. The summed E-state index contributed by atoms with van der Waals surface area (Å²) in [6.45, 7) is 6.84. The number of amides is 3. The van der Waals surface area contributed by atoms with Crippen molar-refractivity contribution in [1.29, 1.82) is 0 Å². The summed E-state index contributed by atoms with van der Waals surface area (Å²) in [5.41, 5.74) is 1.01. The Balaban J connectivity index is 2.49. The average Bonchev–Trinajstić information content (AvgIpc) is 2.44. The summed E-state index contributed by atoms with van der Waals surface area (Å²) in [5.74, 6) is 0.00885. The summed E-state index contributed by atoms with van der Waals surface area (Å²) < 4.78 is 0. The molecule has 0 saturated carbocycles. The van der Waals surface area contributed by atoms with E-state index in [1.807, 2.05) is 44.0 Å². The van der Waals surface area contributed by atoms with E-state index in [4.69, 9.17) is 11.6 Å². The van der Waals surface area contributed by atoms with Crippen LogP contribution in [-0.2, 0) is 11.3 Å². The molecule has 3 amide bonds. The summed E-state index contributed by atoms with van der Waals surface area (Å²) in [5, 5.41) is 5.68. The molecule has 1 aromatic carbocycles. The Labute approximate surface area is 137 Å². The second kappa shape index (κ2) is 8.76. The molecule has 0 aliphatic carbocycles. The van der Waals surface area contributed by atoms with Crippen LogP contribution in [0.15, 0.2) is 24.3 Å². The minimum absolute atomic E-state index is 0.328. The maximum Gasteiger partial charge on any atom is 0.321 e. The fourth-order valence-electron chi connectivity index (χ4n) is 1.82. The lowest BCUT2D eigenvalue weighted by Crippen LogP contribution is -2.48. The normalized spacial score (nSPS) is 12.3. The van der Waals surface area contributed by atoms with Gasteiger partial charge in [0.2, 0.25) is 5.91 Å². The van der Waals surface area contributed by atoms with Crippen molar-refractivity contribution in [3.05, 3.63) is 34.9 Å². The lowest BCUT2D eigenvalue weighted by Gasteiger charge is -2.23. The standard InChI is InChI=1S/C16H24ClN3O2/c1-11(2)9-18-16(22)19-15(21)12(3)20(4)10-13-6-5-7-14(17)8-13/h5-8,11-12H,9-10H2,1-4H3,(H2,18,19,21,22). The summed E-state index contributed by atoms with van der Waals surface area (Å²) in [7, 11) is 1.83. The molecule has 0 bridgehead atoms. The number of nitrogens with zero attached hydrogens (tertiary/aromatic N) is 1. The van der Waals surface area contributed by atoms with Crippen LogP contribution >= 0.6 is 11.6 Å². The molecule has 0 aliphatic heterocycles. The zero-order chi connectivity index (χ0) is 16.7. The highest BCUT2D eigenvalue weighted by Crippen LogP contribution is 2.13. The van der Waals surface area contributed by atoms with E-state index in [0.29, 0.717) is 24.0 Å². The Bertz CT molecular complexity index is 520. The third kappa shape index (κ3) is 6.45. The van der Waals surface area contributed by atoms with Gasteiger partial charge in [0.1, 0.15) is 0 Å². The van der Waals surface area contributed by atoms with Gasteiger partial charge in [-0.1, -0.05) is 37.6 Å². The van der Waals surface area contributed by atoms with Crippen molar-refractivity contribution >= 4 is 23.5 Å². The number of hydrogen-bond donors (Lipinski definition) is 2. The zero-order valence-electron chi connectivity index (χ0n) is 13.5. The molecule has 22 heavy (non-hydrogen) atoms. The highest BCUT2D eigenvalue weighted by atomic mass is 35.5. The van der Waals surface area contributed by atoms with E-state index in [1.165, 1.54) is 0 Å². The van der Waals surface area contributed by atoms with Crippen molar-refractivity contribution in [2.45, 2.75) is 33.4 Å². The molecule has 0 radical (unpaired) electrons. The molecule has 5 nitrogen and oxygen atoms in total. The molecule has 0 fully saturated rings. The van der Waals surface area contributed by atoms with Gasteiger partial charge in [0.05, 0.1) is 6.04 Å². The zero-order valence-corrected chi connectivity index (χ0v) is 14.3. The molecule has 0 saturated heterocycles. The molecular weight excluding hydrogens is 302 g/mol. The SMILES string of the molecule is CC(C)CNC(=O)NC(=O)C(C)N(C)Cc1cccc(Cl)c1. The van der Waals surface area contributed by atoms with Crippen molar-refractivity contribution in [2.24, 2.45) is 5.92 Å². The third-order valence-corrected chi connectivity index (χ3v) is 3.50. The lowest BCUT2D eigenvalue weighted by molar-refractivity contribution is -0.124. The number of rotatable bonds is 6. The minimum atomic E-state index is -0.457. The number of hydrogen-bond acceptors (Lipinski definition) is 3. The van der Waals surface area contributed by atoms with Gasteiger partial charge in [-0.25, -0.2) is 4.79 Å². The second-order valence-corrected chi connectivity index (χ2v) is 6.25. The van der Waals surface area contributed by atoms with Crippen LogP contribution in [-0.4, -0.2) is 36.5 Å². The van der Waals surface area contributed by atoms with Gasteiger partial charge in [-0.2, -0.15) is 0 Å². The summed E-state index contributed by atoms with van der Waals surface area (Å²) in [6, 6.07) is 6.60. The van der Waals surface area contributed by atoms with E-state index in [2.05, 4.69) is 10.6 Å². The second-order valence-electron chi connectivity index (χ2n) is 5.81. The Kier molecular flexibility index (Phi) is 7.35. The molecule has 0 heterocycles. The van der Waals surface area contributed by atoms with E-state index in [-0.39, 0.29) is 5.91 Å². The van der Waals surface area contributed by atoms with Gasteiger partial charge in [0.25, 0.3) is 0 Å². The van der Waals surface area contributed by atoms with Crippen molar-refractivity contribution in [3.63, 3.8) is 0 Å². The molecule has 1 aromatic rings. The molecule has 6 heteroatoms. The Morgan fingerprint density at radius 3 is 2.55 bits per heavy atom. The van der Waals surface area contributed by atoms with Gasteiger partial charge in [0, 0.05) is 18.1 Å². The van der Waals surface area contributed by atoms with Crippen LogP contribution in [0.25, 0.3) is 0 Å². The van der Waals surface area contributed by atoms with Crippen LogP contribution in [0.3, 0.4) is 0 Å². The molecule has 2 N–H and O–H groups in total. The summed E-state index contributed by atoms with van der Waals surface area (Å²) in [6.07, 6.45) is 0. The maximum atomic E-state index is 12.1. The lowest BCUT2D eigenvalue weighted by atomic mass is 10.2. The van der Waals surface area contributed by atoms with E-state index < -0.39 is 12.1 Å². The fraction of sp³-hybridized carbons (Fsp3) is 0.500. The number of carbonyl (C=O) groups is 2. The minimum Gasteiger partial charge on any atom is -0.338 e. The van der Waals surface area contributed by atoms with Gasteiger partial charge in [0.15, 0.2) is 0 Å². The Morgan fingerprint density at radius 2 is 1.95 bits per heavy atom. The van der Waals surface area contributed by atoms with E-state index in [1.54, 1.807) is 13.0 Å².